The van der Waals surface area contributed by atoms with Gasteiger partial charge in [-0.25, -0.2) is 13.1 Å². The maximum atomic E-state index is 13.5. The summed E-state index contributed by atoms with van der Waals surface area (Å²) in [5.74, 6) is -0.453. The lowest BCUT2D eigenvalue weighted by Crippen LogP contribution is -2.55. The van der Waals surface area contributed by atoms with E-state index in [1.54, 1.807) is 4.90 Å². The van der Waals surface area contributed by atoms with Crippen LogP contribution >= 0.6 is 0 Å². The summed E-state index contributed by atoms with van der Waals surface area (Å²) in [6.07, 6.45) is 3.97. The number of nitrogens with zero attached hydrogens (tertiary/aromatic N) is 1. The Labute approximate surface area is 242 Å². The molecule has 0 saturated carbocycles. The molecule has 0 aliphatic carbocycles. The molecule has 10 nitrogen and oxygen atoms in total. The summed E-state index contributed by atoms with van der Waals surface area (Å²) < 4.78 is 32.7. The molecule has 3 atom stereocenters. The van der Waals surface area contributed by atoms with Gasteiger partial charge in [-0.1, -0.05) is 36.4 Å². The molecule has 222 valence electrons. The number of hydrogen-bond acceptors (Lipinski definition) is 6. The number of sulfonamides is 1. The summed E-state index contributed by atoms with van der Waals surface area (Å²) in [6, 6.07) is 13.1. The average Bonchev–Trinajstić information content (AvgIpc) is 2.94. The van der Waals surface area contributed by atoms with E-state index in [9.17, 15) is 22.8 Å². The molecule has 2 aliphatic heterocycles. The second kappa shape index (κ2) is 14.0. The van der Waals surface area contributed by atoms with Crippen molar-refractivity contribution in [3.63, 3.8) is 0 Å². The van der Waals surface area contributed by atoms with Gasteiger partial charge in [0.05, 0.1) is 19.3 Å². The standard InChI is InChI=1S/C30H40N4O6S/c1-21-10-12-25-17-24(21)19-31-29(36)26(13-11-22-7-4-3-5-8-22)32-30(37)27(33-41(2,38)39)18-28(35)34-15-6-9-23(20-34)14-16-40-25/h3-5,7-8,10,12,17,23,26-27,33H,6,9,11,13-16,18-20H2,1-2H3,(H,31,36)(H,32,37)/t23?,26-,27-/m0/s1. The van der Waals surface area contributed by atoms with Crippen molar-refractivity contribution < 1.29 is 27.5 Å². The number of carbonyl (C=O) groups excluding carboxylic acids is 3. The van der Waals surface area contributed by atoms with Gasteiger partial charge in [-0.3, -0.25) is 14.4 Å². The first kappa shape index (κ1) is 30.5. The van der Waals surface area contributed by atoms with E-state index in [0.717, 1.165) is 42.2 Å². The van der Waals surface area contributed by atoms with Crippen molar-refractivity contribution in [3.8, 4) is 5.75 Å². The van der Waals surface area contributed by atoms with Gasteiger partial charge >= 0.3 is 0 Å². The number of benzene rings is 2. The summed E-state index contributed by atoms with van der Waals surface area (Å²) in [5.41, 5.74) is 2.89. The van der Waals surface area contributed by atoms with Crippen molar-refractivity contribution >= 4 is 27.7 Å². The van der Waals surface area contributed by atoms with Crippen LogP contribution in [0.1, 0.15) is 48.8 Å². The largest absolute Gasteiger partial charge is 0.494 e. The highest BCUT2D eigenvalue weighted by molar-refractivity contribution is 7.88. The van der Waals surface area contributed by atoms with Crippen molar-refractivity contribution in [3.05, 3.63) is 65.2 Å². The molecule has 0 aromatic heterocycles. The van der Waals surface area contributed by atoms with E-state index in [1.807, 2.05) is 55.5 Å². The minimum Gasteiger partial charge on any atom is -0.494 e. The molecule has 0 radical (unpaired) electrons. The number of hydrogen-bond donors (Lipinski definition) is 3. The Balaban J connectivity index is 1.61. The van der Waals surface area contributed by atoms with Crippen molar-refractivity contribution in [1.29, 1.82) is 0 Å². The third kappa shape index (κ3) is 9.29. The number of carbonyl (C=O) groups is 3. The van der Waals surface area contributed by atoms with Gasteiger partial charge in [0.1, 0.15) is 17.8 Å². The predicted octanol–water partition coefficient (Wildman–Crippen LogP) is 2.06. The zero-order valence-electron chi connectivity index (χ0n) is 23.7. The van der Waals surface area contributed by atoms with E-state index < -0.39 is 33.9 Å². The molecule has 4 bridgehead atoms. The Morgan fingerprint density at radius 1 is 1.05 bits per heavy atom. The molecule has 4 rings (SSSR count). The molecule has 3 amide bonds. The normalized spacial score (nSPS) is 23.0. The Bertz CT molecular complexity index is 1330. The van der Waals surface area contributed by atoms with Gasteiger partial charge in [0.2, 0.25) is 27.7 Å². The molecule has 1 saturated heterocycles. The van der Waals surface area contributed by atoms with Crippen molar-refractivity contribution in [1.82, 2.24) is 20.3 Å². The Kier molecular flexibility index (Phi) is 10.4. The van der Waals surface area contributed by atoms with Gasteiger partial charge in [-0.05, 0) is 73.8 Å². The van der Waals surface area contributed by atoms with Crippen LogP contribution in [0.3, 0.4) is 0 Å². The van der Waals surface area contributed by atoms with Gasteiger partial charge in [0.15, 0.2) is 0 Å². The Hall–Kier alpha value is -3.44. The molecule has 2 aromatic carbocycles. The highest BCUT2D eigenvalue weighted by Gasteiger charge is 2.32. The average molecular weight is 585 g/mol. The molecule has 1 fully saturated rings. The molecular weight excluding hydrogens is 544 g/mol. The van der Waals surface area contributed by atoms with Crippen LogP contribution in [0.5, 0.6) is 5.75 Å². The highest BCUT2D eigenvalue weighted by Crippen LogP contribution is 2.23. The van der Waals surface area contributed by atoms with Crippen LogP contribution < -0.4 is 20.1 Å². The number of nitrogens with one attached hydrogen (secondary N) is 3. The number of aryl methyl sites for hydroxylation is 2. The predicted molar refractivity (Wildman–Crippen MR) is 156 cm³/mol. The molecule has 3 N–H and O–H groups in total. The van der Waals surface area contributed by atoms with Crippen molar-refractivity contribution in [2.45, 2.75) is 64.1 Å². The number of amides is 3. The first-order valence-corrected chi connectivity index (χ1v) is 16.1. The fourth-order valence-electron chi connectivity index (χ4n) is 5.35. The van der Waals surface area contributed by atoms with Crippen LogP contribution in [-0.4, -0.2) is 69.1 Å². The number of ether oxygens (including phenoxy) is 1. The number of rotatable bonds is 5. The maximum absolute atomic E-state index is 13.5. The van der Waals surface area contributed by atoms with E-state index in [4.69, 9.17) is 4.74 Å². The van der Waals surface area contributed by atoms with Gasteiger partial charge < -0.3 is 20.3 Å². The maximum Gasteiger partial charge on any atom is 0.242 e. The van der Waals surface area contributed by atoms with Crippen LogP contribution in [0, 0.1) is 12.8 Å². The van der Waals surface area contributed by atoms with Crippen LogP contribution in [0.25, 0.3) is 0 Å². The molecule has 41 heavy (non-hydrogen) atoms. The Morgan fingerprint density at radius 2 is 1.83 bits per heavy atom. The van der Waals surface area contributed by atoms with Gasteiger partial charge in [-0.15, -0.1) is 0 Å². The summed E-state index contributed by atoms with van der Waals surface area (Å²) in [4.78, 5) is 41.8. The van der Waals surface area contributed by atoms with Gasteiger partial charge in [0.25, 0.3) is 0 Å². The summed E-state index contributed by atoms with van der Waals surface area (Å²) in [5, 5.41) is 5.66. The first-order valence-electron chi connectivity index (χ1n) is 14.2. The molecule has 2 aliphatic rings. The Morgan fingerprint density at radius 3 is 2.59 bits per heavy atom. The smallest absolute Gasteiger partial charge is 0.242 e. The first-order chi connectivity index (χ1) is 19.6. The van der Waals surface area contributed by atoms with Gasteiger partial charge in [0, 0.05) is 19.6 Å². The molecule has 2 heterocycles. The van der Waals surface area contributed by atoms with Crippen molar-refractivity contribution in [2.24, 2.45) is 5.92 Å². The SMILES string of the molecule is Cc1ccc2cc1CNC(=O)[C@H](CCc1ccccc1)NC(=O)[C@@H](NS(C)(=O)=O)CC(=O)N1CCCC(CCO2)C1. The van der Waals surface area contributed by atoms with E-state index in [0.29, 0.717) is 31.9 Å². The second-order valence-electron chi connectivity index (χ2n) is 11.0. The summed E-state index contributed by atoms with van der Waals surface area (Å²) in [7, 11) is -3.82. The third-order valence-electron chi connectivity index (χ3n) is 7.69. The lowest BCUT2D eigenvalue weighted by Gasteiger charge is -2.34. The highest BCUT2D eigenvalue weighted by atomic mass is 32.2. The van der Waals surface area contributed by atoms with E-state index in [1.165, 1.54) is 0 Å². The third-order valence-corrected chi connectivity index (χ3v) is 8.40. The van der Waals surface area contributed by atoms with E-state index in [2.05, 4.69) is 15.4 Å². The summed E-state index contributed by atoms with van der Waals surface area (Å²) >= 11 is 0. The van der Waals surface area contributed by atoms with Crippen LogP contribution in [0.2, 0.25) is 0 Å². The minimum absolute atomic E-state index is 0.237. The second-order valence-corrected chi connectivity index (χ2v) is 12.8. The monoisotopic (exact) mass is 584 g/mol. The fraction of sp³-hybridized carbons (Fsp3) is 0.500. The molecule has 0 spiro atoms. The molecule has 2 aromatic rings. The van der Waals surface area contributed by atoms with Crippen molar-refractivity contribution in [2.75, 3.05) is 26.0 Å². The lowest BCUT2D eigenvalue weighted by atomic mass is 9.94. The zero-order chi connectivity index (χ0) is 29.4. The van der Waals surface area contributed by atoms with Crippen LogP contribution in [0.15, 0.2) is 48.5 Å². The molecular formula is C30H40N4O6S. The van der Waals surface area contributed by atoms with E-state index >= 15 is 0 Å². The van der Waals surface area contributed by atoms with Gasteiger partial charge in [-0.2, -0.15) is 0 Å². The summed E-state index contributed by atoms with van der Waals surface area (Å²) in [6.45, 7) is 3.76. The van der Waals surface area contributed by atoms with E-state index in [-0.39, 0.29) is 31.2 Å². The number of piperidine rings is 1. The van der Waals surface area contributed by atoms with Crippen LogP contribution in [-0.2, 0) is 37.4 Å². The van der Waals surface area contributed by atoms with Crippen LogP contribution in [0.4, 0.5) is 0 Å². The molecule has 11 heteroatoms. The topological polar surface area (TPSA) is 134 Å². The minimum atomic E-state index is -3.82. The fourth-order valence-corrected chi connectivity index (χ4v) is 6.06. The lowest BCUT2D eigenvalue weighted by molar-refractivity contribution is -0.136. The zero-order valence-corrected chi connectivity index (χ0v) is 24.5. The molecule has 1 unspecified atom stereocenters. The quantitative estimate of drug-likeness (QED) is 0.493. The number of fused-ring (bicyclic) bond motifs is 4.